The molecule has 8 heteroatoms. The Hall–Kier alpha value is -3.91. The number of benzene rings is 2. The highest BCUT2D eigenvalue weighted by atomic mass is 19.1. The quantitative estimate of drug-likeness (QED) is 0.393. The van der Waals surface area contributed by atoms with Crippen molar-refractivity contribution in [3.63, 3.8) is 0 Å². The minimum absolute atomic E-state index is 0.0265. The fourth-order valence-electron chi connectivity index (χ4n) is 5.32. The van der Waals surface area contributed by atoms with E-state index in [9.17, 15) is 9.18 Å². The van der Waals surface area contributed by atoms with E-state index < -0.39 is 5.92 Å². The normalized spacial score (nSPS) is 16.3. The van der Waals surface area contributed by atoms with E-state index in [0.29, 0.717) is 18.7 Å². The Bertz CT molecular complexity index is 1440. The third-order valence-electron chi connectivity index (χ3n) is 7.34. The fourth-order valence-corrected chi connectivity index (χ4v) is 5.32. The molecule has 0 spiro atoms. The SMILES string of the molecule is Cc1cccn2c(C(CC(=O)N3CCN(Cc4ccc5c(c4)OCO5)CC3)c3ccccc3F)cnc12. The molecular formula is C29H29FN4O3. The van der Waals surface area contributed by atoms with Crippen LogP contribution in [0.1, 0.15) is 34.7 Å². The van der Waals surface area contributed by atoms with Gasteiger partial charge in [-0.05, 0) is 47.9 Å². The van der Waals surface area contributed by atoms with E-state index in [1.165, 1.54) is 6.07 Å². The van der Waals surface area contributed by atoms with E-state index >= 15 is 0 Å². The molecule has 4 aromatic rings. The summed E-state index contributed by atoms with van der Waals surface area (Å²) in [5.41, 5.74) is 4.35. The number of fused-ring (bicyclic) bond motifs is 2. The number of imidazole rings is 1. The molecule has 2 aliphatic heterocycles. The number of piperazine rings is 1. The van der Waals surface area contributed by atoms with Crippen LogP contribution in [0, 0.1) is 12.7 Å². The summed E-state index contributed by atoms with van der Waals surface area (Å²) in [5.74, 6) is 0.852. The van der Waals surface area contributed by atoms with Gasteiger partial charge in [-0.1, -0.05) is 30.3 Å². The molecule has 190 valence electrons. The highest BCUT2D eigenvalue weighted by Gasteiger charge is 2.29. The van der Waals surface area contributed by atoms with Crippen LogP contribution in [0.3, 0.4) is 0 Å². The number of ether oxygens (including phenoxy) is 2. The Morgan fingerprint density at radius 1 is 1.03 bits per heavy atom. The highest BCUT2D eigenvalue weighted by Crippen LogP contribution is 2.34. The van der Waals surface area contributed by atoms with E-state index in [-0.39, 0.29) is 24.9 Å². The molecule has 1 amide bonds. The minimum atomic E-state index is -0.433. The molecular weight excluding hydrogens is 471 g/mol. The summed E-state index contributed by atoms with van der Waals surface area (Å²) in [6, 6.07) is 16.7. The monoisotopic (exact) mass is 500 g/mol. The van der Waals surface area contributed by atoms with Crippen LogP contribution in [0.4, 0.5) is 4.39 Å². The first kappa shape index (κ1) is 23.5. The Balaban J connectivity index is 1.17. The standard InChI is InChI=1S/C29H29FN4O3/c1-20-5-4-10-34-25(17-31-29(20)34)23(22-6-2-3-7-24(22)30)16-28(35)33-13-11-32(12-14-33)18-21-8-9-26-27(15-21)37-19-36-26/h2-10,15,17,23H,11-14,16,18-19H2,1H3. The van der Waals surface area contributed by atoms with Crippen LogP contribution in [-0.4, -0.2) is 58.1 Å². The predicted molar refractivity (Wildman–Crippen MR) is 137 cm³/mol. The number of amides is 1. The van der Waals surface area contributed by atoms with Crippen LogP contribution in [-0.2, 0) is 11.3 Å². The number of halogens is 1. The first-order valence-electron chi connectivity index (χ1n) is 12.6. The molecule has 1 atom stereocenters. The van der Waals surface area contributed by atoms with E-state index in [1.807, 2.05) is 52.8 Å². The molecule has 1 saturated heterocycles. The summed E-state index contributed by atoms with van der Waals surface area (Å²) in [5, 5.41) is 0. The number of carbonyl (C=O) groups excluding carboxylic acids is 1. The van der Waals surface area contributed by atoms with Crippen molar-refractivity contribution in [3.8, 4) is 11.5 Å². The molecule has 4 heterocycles. The summed E-state index contributed by atoms with van der Waals surface area (Å²) in [6.45, 7) is 5.89. The number of aromatic nitrogens is 2. The molecule has 7 nitrogen and oxygen atoms in total. The highest BCUT2D eigenvalue weighted by molar-refractivity contribution is 5.78. The zero-order valence-electron chi connectivity index (χ0n) is 20.8. The molecule has 0 N–H and O–H groups in total. The number of aryl methyl sites for hydroxylation is 1. The lowest BCUT2D eigenvalue weighted by molar-refractivity contribution is -0.133. The number of hydrogen-bond acceptors (Lipinski definition) is 5. The van der Waals surface area contributed by atoms with E-state index in [0.717, 1.165) is 53.6 Å². The van der Waals surface area contributed by atoms with E-state index in [1.54, 1.807) is 18.3 Å². The number of rotatable bonds is 6. The zero-order valence-corrected chi connectivity index (χ0v) is 20.8. The second-order valence-electron chi connectivity index (χ2n) is 9.69. The van der Waals surface area contributed by atoms with Gasteiger partial charge >= 0.3 is 0 Å². The average molecular weight is 501 g/mol. The first-order chi connectivity index (χ1) is 18.1. The van der Waals surface area contributed by atoms with Crippen molar-refractivity contribution in [2.24, 2.45) is 0 Å². The molecule has 0 saturated carbocycles. The van der Waals surface area contributed by atoms with Gasteiger partial charge in [-0.3, -0.25) is 9.69 Å². The van der Waals surface area contributed by atoms with Gasteiger partial charge in [0.25, 0.3) is 0 Å². The Morgan fingerprint density at radius 2 is 1.84 bits per heavy atom. The summed E-state index contributed by atoms with van der Waals surface area (Å²) < 4.78 is 27.8. The van der Waals surface area contributed by atoms with Gasteiger partial charge in [0.1, 0.15) is 11.5 Å². The number of carbonyl (C=O) groups is 1. The van der Waals surface area contributed by atoms with Crippen molar-refractivity contribution in [1.82, 2.24) is 19.2 Å². The molecule has 6 rings (SSSR count). The summed E-state index contributed by atoms with van der Waals surface area (Å²) in [4.78, 5) is 22.3. The molecule has 1 fully saturated rings. The number of hydrogen-bond donors (Lipinski definition) is 0. The molecule has 1 unspecified atom stereocenters. The van der Waals surface area contributed by atoms with Crippen molar-refractivity contribution in [3.05, 3.63) is 95.2 Å². The molecule has 2 aromatic carbocycles. The predicted octanol–water partition coefficient (Wildman–Crippen LogP) is 4.38. The van der Waals surface area contributed by atoms with Crippen molar-refractivity contribution in [2.75, 3.05) is 33.0 Å². The maximum Gasteiger partial charge on any atom is 0.231 e. The van der Waals surface area contributed by atoms with Gasteiger partial charge in [0.05, 0.1) is 5.69 Å². The summed E-state index contributed by atoms with van der Waals surface area (Å²) >= 11 is 0. The van der Waals surface area contributed by atoms with Crippen molar-refractivity contribution < 1.29 is 18.7 Å². The number of nitrogens with zero attached hydrogens (tertiary/aromatic N) is 4. The topological polar surface area (TPSA) is 59.3 Å². The van der Waals surface area contributed by atoms with Crippen LogP contribution < -0.4 is 9.47 Å². The van der Waals surface area contributed by atoms with Gasteiger partial charge in [-0.25, -0.2) is 9.37 Å². The van der Waals surface area contributed by atoms with Crippen molar-refractivity contribution in [1.29, 1.82) is 0 Å². The molecule has 37 heavy (non-hydrogen) atoms. The Morgan fingerprint density at radius 3 is 2.68 bits per heavy atom. The smallest absolute Gasteiger partial charge is 0.231 e. The van der Waals surface area contributed by atoms with Gasteiger partial charge in [0, 0.05) is 57.5 Å². The number of pyridine rings is 1. The Kier molecular flexibility index (Phi) is 6.26. The van der Waals surface area contributed by atoms with Gasteiger partial charge < -0.3 is 18.8 Å². The molecule has 0 bridgehead atoms. The van der Waals surface area contributed by atoms with E-state index in [4.69, 9.17) is 9.47 Å². The zero-order chi connectivity index (χ0) is 25.4. The fraction of sp³-hybridized carbons (Fsp3) is 0.310. The lowest BCUT2D eigenvalue weighted by atomic mass is 9.91. The average Bonchev–Trinajstić information content (AvgIpc) is 3.56. The van der Waals surface area contributed by atoms with Crippen molar-refractivity contribution >= 4 is 11.6 Å². The maximum absolute atomic E-state index is 15.0. The minimum Gasteiger partial charge on any atom is -0.454 e. The Labute approximate surface area is 215 Å². The van der Waals surface area contributed by atoms with Crippen molar-refractivity contribution in [2.45, 2.75) is 25.8 Å². The van der Waals surface area contributed by atoms with Crippen LogP contribution in [0.5, 0.6) is 11.5 Å². The van der Waals surface area contributed by atoms with Gasteiger partial charge in [0.2, 0.25) is 12.7 Å². The molecule has 2 aromatic heterocycles. The van der Waals surface area contributed by atoms with Crippen LogP contribution in [0.2, 0.25) is 0 Å². The molecule has 0 radical (unpaired) electrons. The van der Waals surface area contributed by atoms with Crippen LogP contribution in [0.25, 0.3) is 5.65 Å². The molecule has 0 aliphatic carbocycles. The van der Waals surface area contributed by atoms with Gasteiger partial charge in [-0.15, -0.1) is 0 Å². The second-order valence-corrected chi connectivity index (χ2v) is 9.69. The molecule has 2 aliphatic rings. The first-order valence-corrected chi connectivity index (χ1v) is 12.6. The van der Waals surface area contributed by atoms with Gasteiger partial charge in [0.15, 0.2) is 11.5 Å². The largest absolute Gasteiger partial charge is 0.454 e. The lowest BCUT2D eigenvalue weighted by Crippen LogP contribution is -2.48. The van der Waals surface area contributed by atoms with Crippen LogP contribution >= 0.6 is 0 Å². The third kappa shape index (κ3) is 4.64. The van der Waals surface area contributed by atoms with Crippen LogP contribution in [0.15, 0.2) is 67.0 Å². The second kappa shape index (κ2) is 9.86. The van der Waals surface area contributed by atoms with Gasteiger partial charge in [-0.2, -0.15) is 0 Å². The summed E-state index contributed by atoms with van der Waals surface area (Å²) in [7, 11) is 0. The van der Waals surface area contributed by atoms with E-state index in [2.05, 4.69) is 16.0 Å². The summed E-state index contributed by atoms with van der Waals surface area (Å²) in [6.07, 6.45) is 3.89. The lowest BCUT2D eigenvalue weighted by Gasteiger charge is -2.35. The third-order valence-corrected chi connectivity index (χ3v) is 7.34. The maximum atomic E-state index is 15.0.